The standard InChI is InChI=1S/C27H21ClN2O4S/c1-16-20(14-26(31)34-15-25-29-22-5-3-4-6-24(22)35-25)21-13-19(33-2)11-12-23(21)30(16)27(32)17-7-9-18(28)10-8-17/h3-13H,14-15H2,1-2H3. The molecule has 5 aromatic rings. The highest BCUT2D eigenvalue weighted by Crippen LogP contribution is 2.31. The summed E-state index contributed by atoms with van der Waals surface area (Å²) >= 11 is 7.49. The summed E-state index contributed by atoms with van der Waals surface area (Å²) in [5, 5.41) is 2.05. The van der Waals surface area contributed by atoms with Crippen molar-refractivity contribution in [2.45, 2.75) is 20.0 Å². The van der Waals surface area contributed by atoms with Crippen LogP contribution in [-0.2, 0) is 22.6 Å². The average molecular weight is 505 g/mol. The van der Waals surface area contributed by atoms with Crippen LogP contribution in [0.4, 0.5) is 0 Å². The Morgan fingerprint density at radius 3 is 2.57 bits per heavy atom. The molecule has 3 aromatic carbocycles. The van der Waals surface area contributed by atoms with E-state index in [0.717, 1.165) is 26.2 Å². The largest absolute Gasteiger partial charge is 0.497 e. The van der Waals surface area contributed by atoms with Gasteiger partial charge in [0, 0.05) is 21.7 Å². The van der Waals surface area contributed by atoms with E-state index in [0.29, 0.717) is 27.5 Å². The third kappa shape index (κ3) is 4.52. The van der Waals surface area contributed by atoms with Gasteiger partial charge >= 0.3 is 5.97 Å². The highest BCUT2D eigenvalue weighted by molar-refractivity contribution is 7.18. The number of para-hydroxylation sites is 1. The van der Waals surface area contributed by atoms with Crippen LogP contribution in [0, 0.1) is 6.92 Å². The maximum absolute atomic E-state index is 13.4. The Hall–Kier alpha value is -3.68. The number of halogens is 1. The van der Waals surface area contributed by atoms with Crippen molar-refractivity contribution in [1.29, 1.82) is 0 Å². The second-order valence-electron chi connectivity index (χ2n) is 8.01. The zero-order valence-electron chi connectivity index (χ0n) is 19.1. The molecule has 5 rings (SSSR count). The highest BCUT2D eigenvalue weighted by Gasteiger charge is 2.22. The van der Waals surface area contributed by atoms with Crippen LogP contribution in [0.5, 0.6) is 5.75 Å². The first-order valence-corrected chi connectivity index (χ1v) is 12.1. The lowest BCUT2D eigenvalue weighted by Gasteiger charge is -2.08. The van der Waals surface area contributed by atoms with E-state index >= 15 is 0 Å². The molecule has 0 unspecified atom stereocenters. The first-order chi connectivity index (χ1) is 16.9. The molecular weight excluding hydrogens is 484 g/mol. The fourth-order valence-corrected chi connectivity index (χ4v) is 5.12. The number of carbonyl (C=O) groups is 2. The first-order valence-electron chi connectivity index (χ1n) is 10.9. The molecule has 0 saturated carbocycles. The molecule has 0 saturated heterocycles. The third-order valence-corrected chi connectivity index (χ3v) is 7.11. The molecule has 0 aliphatic rings. The second kappa shape index (κ2) is 9.52. The third-order valence-electron chi connectivity index (χ3n) is 5.85. The Morgan fingerprint density at radius 2 is 1.83 bits per heavy atom. The normalized spacial score (nSPS) is 11.2. The van der Waals surface area contributed by atoms with Crippen LogP contribution in [0.2, 0.25) is 5.02 Å². The van der Waals surface area contributed by atoms with E-state index in [1.165, 1.54) is 11.3 Å². The smallest absolute Gasteiger partial charge is 0.310 e. The Labute approximate surface area is 210 Å². The highest BCUT2D eigenvalue weighted by atomic mass is 35.5. The number of esters is 1. The molecule has 0 radical (unpaired) electrons. The van der Waals surface area contributed by atoms with Gasteiger partial charge in [-0.1, -0.05) is 23.7 Å². The number of hydrogen-bond donors (Lipinski definition) is 0. The van der Waals surface area contributed by atoms with Gasteiger partial charge in [0.1, 0.15) is 17.4 Å². The second-order valence-corrected chi connectivity index (χ2v) is 9.56. The Balaban J connectivity index is 1.45. The number of benzene rings is 3. The summed E-state index contributed by atoms with van der Waals surface area (Å²) in [6.45, 7) is 1.93. The van der Waals surface area contributed by atoms with Crippen LogP contribution in [0.15, 0.2) is 66.7 Å². The molecule has 8 heteroatoms. The average Bonchev–Trinajstić information content (AvgIpc) is 3.40. The van der Waals surface area contributed by atoms with Gasteiger partial charge in [0.15, 0.2) is 0 Å². The molecule has 0 spiro atoms. The van der Waals surface area contributed by atoms with Gasteiger partial charge in [0.05, 0.1) is 29.3 Å². The number of fused-ring (bicyclic) bond motifs is 2. The lowest BCUT2D eigenvalue weighted by molar-refractivity contribution is -0.144. The monoisotopic (exact) mass is 504 g/mol. The van der Waals surface area contributed by atoms with Crippen molar-refractivity contribution in [1.82, 2.24) is 9.55 Å². The van der Waals surface area contributed by atoms with Crippen molar-refractivity contribution in [3.8, 4) is 5.75 Å². The van der Waals surface area contributed by atoms with Crippen LogP contribution < -0.4 is 4.74 Å². The van der Waals surface area contributed by atoms with Gasteiger partial charge in [-0.05, 0) is 67.1 Å². The number of methoxy groups -OCH3 is 1. The molecule has 0 fully saturated rings. The van der Waals surface area contributed by atoms with E-state index in [-0.39, 0.29) is 18.9 Å². The molecule has 0 atom stereocenters. The number of rotatable bonds is 6. The predicted octanol–water partition coefficient (Wildman–Crippen LogP) is 6.20. The van der Waals surface area contributed by atoms with Crippen molar-refractivity contribution >= 4 is 55.9 Å². The first kappa shape index (κ1) is 23.1. The summed E-state index contributed by atoms with van der Waals surface area (Å²) in [5.74, 6) is 0.0364. The molecule has 176 valence electrons. The van der Waals surface area contributed by atoms with Gasteiger partial charge in [0.2, 0.25) is 0 Å². The molecule has 0 bridgehead atoms. The summed E-state index contributed by atoms with van der Waals surface area (Å²) in [5.41, 5.74) is 3.46. The lowest BCUT2D eigenvalue weighted by Crippen LogP contribution is -2.14. The Kier molecular flexibility index (Phi) is 6.28. The number of nitrogens with zero attached hydrogens (tertiary/aromatic N) is 2. The van der Waals surface area contributed by atoms with E-state index in [1.807, 2.05) is 43.3 Å². The Bertz CT molecular complexity index is 1540. The summed E-state index contributed by atoms with van der Waals surface area (Å²) in [6.07, 6.45) is 0.0152. The SMILES string of the molecule is COc1ccc2c(c1)c(CC(=O)OCc1nc3ccccc3s1)c(C)n2C(=O)c1ccc(Cl)cc1. The van der Waals surface area contributed by atoms with Crippen molar-refractivity contribution in [3.63, 3.8) is 0 Å². The van der Waals surface area contributed by atoms with Gasteiger partial charge in [0.25, 0.3) is 5.91 Å². The van der Waals surface area contributed by atoms with Gasteiger partial charge in [-0.15, -0.1) is 11.3 Å². The maximum Gasteiger partial charge on any atom is 0.310 e. The minimum absolute atomic E-state index is 0.0152. The lowest BCUT2D eigenvalue weighted by atomic mass is 10.1. The van der Waals surface area contributed by atoms with Gasteiger partial charge < -0.3 is 9.47 Å². The van der Waals surface area contributed by atoms with Crippen LogP contribution in [0.25, 0.3) is 21.1 Å². The van der Waals surface area contributed by atoms with E-state index in [9.17, 15) is 9.59 Å². The van der Waals surface area contributed by atoms with Crippen molar-refractivity contribution in [3.05, 3.63) is 93.6 Å². The molecule has 6 nitrogen and oxygen atoms in total. The summed E-state index contributed by atoms with van der Waals surface area (Å²) in [4.78, 5) is 30.8. The number of hydrogen-bond acceptors (Lipinski definition) is 6. The number of aromatic nitrogens is 2. The van der Waals surface area contributed by atoms with Crippen LogP contribution >= 0.6 is 22.9 Å². The van der Waals surface area contributed by atoms with Gasteiger partial charge in [-0.25, -0.2) is 4.98 Å². The van der Waals surface area contributed by atoms with Gasteiger partial charge in [-0.2, -0.15) is 0 Å². The van der Waals surface area contributed by atoms with Crippen LogP contribution in [-0.4, -0.2) is 28.5 Å². The number of carbonyl (C=O) groups excluding carboxylic acids is 2. The summed E-state index contributed by atoms with van der Waals surface area (Å²) in [7, 11) is 1.58. The minimum Gasteiger partial charge on any atom is -0.497 e. The molecule has 0 aliphatic carbocycles. The number of thiazole rings is 1. The molecule has 2 aromatic heterocycles. The van der Waals surface area contributed by atoms with Crippen LogP contribution in [0.1, 0.15) is 26.6 Å². The molecule has 0 N–H and O–H groups in total. The van der Waals surface area contributed by atoms with Gasteiger partial charge in [-0.3, -0.25) is 14.2 Å². The van der Waals surface area contributed by atoms with Crippen molar-refractivity contribution < 1.29 is 19.1 Å². The molecule has 0 amide bonds. The molecule has 35 heavy (non-hydrogen) atoms. The maximum atomic E-state index is 13.4. The quantitative estimate of drug-likeness (QED) is 0.258. The van der Waals surface area contributed by atoms with E-state index in [2.05, 4.69) is 4.98 Å². The number of ether oxygens (including phenoxy) is 2. The summed E-state index contributed by atoms with van der Waals surface area (Å²) < 4.78 is 13.6. The fraction of sp³-hybridized carbons (Fsp3) is 0.148. The van der Waals surface area contributed by atoms with E-state index in [4.69, 9.17) is 21.1 Å². The zero-order chi connectivity index (χ0) is 24.5. The topological polar surface area (TPSA) is 70.4 Å². The summed E-state index contributed by atoms with van der Waals surface area (Å²) in [6, 6.07) is 20.0. The van der Waals surface area contributed by atoms with Crippen molar-refractivity contribution in [2.75, 3.05) is 7.11 Å². The Morgan fingerprint density at radius 1 is 1.06 bits per heavy atom. The molecule has 0 aliphatic heterocycles. The van der Waals surface area contributed by atoms with E-state index < -0.39 is 5.97 Å². The molecular formula is C27H21ClN2O4S. The van der Waals surface area contributed by atoms with Crippen molar-refractivity contribution in [2.24, 2.45) is 0 Å². The van der Waals surface area contributed by atoms with E-state index in [1.54, 1.807) is 42.0 Å². The van der Waals surface area contributed by atoms with Crippen LogP contribution in [0.3, 0.4) is 0 Å². The molecule has 2 heterocycles. The zero-order valence-corrected chi connectivity index (χ0v) is 20.7. The minimum atomic E-state index is -0.395. The predicted molar refractivity (Wildman–Crippen MR) is 138 cm³/mol. The fourth-order valence-electron chi connectivity index (χ4n) is 4.12.